The van der Waals surface area contributed by atoms with Crippen molar-refractivity contribution >= 4 is 5.97 Å². The molecule has 5 heteroatoms. The van der Waals surface area contributed by atoms with E-state index in [4.69, 9.17) is 4.84 Å². The van der Waals surface area contributed by atoms with Gasteiger partial charge in [0, 0.05) is 26.6 Å². The molecule has 5 nitrogen and oxygen atoms in total. The normalized spacial score (nSPS) is 10.8. The largest absolute Gasteiger partial charge is 0.370 e. The summed E-state index contributed by atoms with van der Waals surface area (Å²) in [5, 5.41) is 2.09. The zero-order chi connectivity index (χ0) is 18.5. The lowest BCUT2D eigenvalue weighted by Gasteiger charge is -2.18. The van der Waals surface area contributed by atoms with Crippen LogP contribution in [0.4, 0.5) is 0 Å². The summed E-state index contributed by atoms with van der Waals surface area (Å²) in [5.74, 6) is -0.199. The minimum Gasteiger partial charge on any atom is -0.370 e. The molecule has 0 fully saturated rings. The number of unbranched alkanes of at least 4 members (excludes halogenated alkanes) is 2. The van der Waals surface area contributed by atoms with Gasteiger partial charge in [0.15, 0.2) is 0 Å². The van der Waals surface area contributed by atoms with Gasteiger partial charge in [-0.25, -0.2) is 5.01 Å². The summed E-state index contributed by atoms with van der Waals surface area (Å²) in [6, 6.07) is 20.2. The molecule has 0 bridgehead atoms. The highest BCUT2D eigenvalue weighted by Gasteiger charge is 2.03. The van der Waals surface area contributed by atoms with Crippen LogP contribution in [0.3, 0.4) is 0 Å². The maximum atomic E-state index is 11.7. The fraction of sp³-hybridized carbons (Fsp3) is 0.381. The van der Waals surface area contributed by atoms with E-state index in [0.29, 0.717) is 13.0 Å². The predicted molar refractivity (Wildman–Crippen MR) is 104 cm³/mol. The number of hydrazine groups is 1. The molecule has 0 atom stereocenters. The van der Waals surface area contributed by atoms with Crippen molar-refractivity contribution in [1.82, 2.24) is 15.9 Å². The summed E-state index contributed by atoms with van der Waals surface area (Å²) < 4.78 is 0. The van der Waals surface area contributed by atoms with Crippen LogP contribution in [-0.4, -0.2) is 24.6 Å². The molecular weight excluding hydrogens is 326 g/mol. The molecule has 0 radical (unpaired) electrons. The molecule has 2 aromatic rings. The van der Waals surface area contributed by atoms with Crippen LogP contribution in [0, 0.1) is 0 Å². The van der Waals surface area contributed by atoms with Crippen molar-refractivity contribution in [2.24, 2.45) is 0 Å². The molecule has 0 saturated carbocycles. The van der Waals surface area contributed by atoms with Crippen molar-refractivity contribution in [3.63, 3.8) is 0 Å². The van der Waals surface area contributed by atoms with E-state index in [2.05, 4.69) is 40.2 Å². The molecule has 0 saturated heterocycles. The number of rotatable bonds is 12. The first-order valence-electron chi connectivity index (χ1n) is 9.19. The highest BCUT2D eigenvalue weighted by Crippen LogP contribution is 2.03. The van der Waals surface area contributed by atoms with Crippen LogP contribution in [0.1, 0.15) is 36.8 Å². The Morgan fingerprint density at radius 1 is 0.923 bits per heavy atom. The predicted octanol–water partition coefficient (Wildman–Crippen LogP) is 3.43. The number of benzene rings is 2. The fourth-order valence-corrected chi connectivity index (χ4v) is 2.60. The molecule has 0 heterocycles. The maximum Gasteiger partial charge on any atom is 0.324 e. The maximum absolute atomic E-state index is 11.7. The van der Waals surface area contributed by atoms with Gasteiger partial charge in [-0.1, -0.05) is 67.1 Å². The van der Waals surface area contributed by atoms with Crippen molar-refractivity contribution < 1.29 is 9.63 Å². The third kappa shape index (κ3) is 8.76. The summed E-state index contributed by atoms with van der Waals surface area (Å²) in [6.07, 6.45) is 3.32. The summed E-state index contributed by atoms with van der Waals surface area (Å²) >= 11 is 0. The Balaban J connectivity index is 1.44. The van der Waals surface area contributed by atoms with Gasteiger partial charge in [-0.2, -0.15) is 0 Å². The van der Waals surface area contributed by atoms with Crippen LogP contribution in [0.25, 0.3) is 0 Å². The first-order chi connectivity index (χ1) is 12.7. The van der Waals surface area contributed by atoms with Crippen LogP contribution in [0.2, 0.25) is 0 Å². The quantitative estimate of drug-likeness (QED) is 0.451. The Bertz CT molecular complexity index is 620. The lowest BCUT2D eigenvalue weighted by molar-refractivity contribution is -0.151. The Kier molecular flexibility index (Phi) is 9.43. The molecule has 26 heavy (non-hydrogen) atoms. The minimum atomic E-state index is -0.199. The number of carbonyl (C=O) groups excluding carboxylic acids is 1. The monoisotopic (exact) mass is 355 g/mol. The van der Waals surface area contributed by atoms with Gasteiger partial charge in [0.05, 0.1) is 6.54 Å². The zero-order valence-electron chi connectivity index (χ0n) is 15.5. The average Bonchev–Trinajstić information content (AvgIpc) is 2.66. The van der Waals surface area contributed by atoms with Gasteiger partial charge < -0.3 is 4.84 Å². The van der Waals surface area contributed by atoms with Gasteiger partial charge in [-0.15, -0.1) is 5.48 Å². The lowest BCUT2D eigenvalue weighted by atomic mass is 10.2. The number of nitrogens with zero attached hydrogens (tertiary/aromatic N) is 1. The SMILES string of the molecule is CN(Cc1ccccc1)NCCCCCC(=O)ONCc1ccccc1. The van der Waals surface area contributed by atoms with Crippen LogP contribution in [0.15, 0.2) is 60.7 Å². The highest BCUT2D eigenvalue weighted by molar-refractivity contribution is 5.68. The summed E-state index contributed by atoms with van der Waals surface area (Å²) in [4.78, 5) is 16.7. The Hall–Kier alpha value is -2.21. The molecule has 0 aliphatic carbocycles. The number of nitrogens with one attached hydrogen (secondary N) is 2. The third-order valence-electron chi connectivity index (χ3n) is 4.01. The van der Waals surface area contributed by atoms with E-state index < -0.39 is 0 Å². The van der Waals surface area contributed by atoms with Crippen LogP contribution < -0.4 is 10.9 Å². The van der Waals surface area contributed by atoms with Gasteiger partial charge in [0.2, 0.25) is 0 Å². The van der Waals surface area contributed by atoms with Gasteiger partial charge in [-0.05, 0) is 24.0 Å². The molecule has 140 valence electrons. The van der Waals surface area contributed by atoms with E-state index in [1.165, 1.54) is 5.56 Å². The van der Waals surface area contributed by atoms with E-state index in [-0.39, 0.29) is 5.97 Å². The molecule has 0 aliphatic heterocycles. The molecule has 0 amide bonds. The fourth-order valence-electron chi connectivity index (χ4n) is 2.60. The molecule has 0 unspecified atom stereocenters. The standard InChI is InChI=1S/C21H29N3O2/c1-24(18-20-13-7-3-8-14-20)22-16-10-4-9-15-21(25)26-23-17-19-11-5-2-6-12-19/h2-3,5-8,11-14,22-23H,4,9-10,15-18H2,1H3. The van der Waals surface area contributed by atoms with E-state index in [1.54, 1.807) is 0 Å². The molecule has 2 aromatic carbocycles. The minimum absolute atomic E-state index is 0.199. The van der Waals surface area contributed by atoms with Gasteiger partial charge in [-0.3, -0.25) is 10.2 Å². The van der Waals surface area contributed by atoms with Crippen LogP contribution >= 0.6 is 0 Å². The molecule has 2 N–H and O–H groups in total. The van der Waals surface area contributed by atoms with Crippen molar-refractivity contribution in [2.45, 2.75) is 38.8 Å². The molecule has 0 spiro atoms. The van der Waals surface area contributed by atoms with Crippen molar-refractivity contribution in [3.05, 3.63) is 71.8 Å². The highest BCUT2D eigenvalue weighted by atomic mass is 16.7. The Morgan fingerprint density at radius 2 is 1.58 bits per heavy atom. The van der Waals surface area contributed by atoms with Crippen LogP contribution in [-0.2, 0) is 22.7 Å². The van der Waals surface area contributed by atoms with E-state index >= 15 is 0 Å². The summed E-state index contributed by atoms with van der Waals surface area (Å²) in [5.41, 5.74) is 8.47. The van der Waals surface area contributed by atoms with Crippen molar-refractivity contribution in [1.29, 1.82) is 0 Å². The molecular formula is C21H29N3O2. The topological polar surface area (TPSA) is 53.6 Å². The van der Waals surface area contributed by atoms with E-state index in [0.717, 1.165) is 37.9 Å². The Labute approximate surface area is 156 Å². The molecule has 2 rings (SSSR count). The smallest absolute Gasteiger partial charge is 0.324 e. The first-order valence-corrected chi connectivity index (χ1v) is 9.19. The Morgan fingerprint density at radius 3 is 2.27 bits per heavy atom. The van der Waals surface area contributed by atoms with E-state index in [1.807, 2.05) is 43.4 Å². The van der Waals surface area contributed by atoms with Gasteiger partial charge >= 0.3 is 5.97 Å². The summed E-state index contributed by atoms with van der Waals surface area (Å²) in [6.45, 7) is 2.31. The van der Waals surface area contributed by atoms with Crippen LogP contribution in [0.5, 0.6) is 0 Å². The number of hydroxylamine groups is 1. The number of hydrogen-bond acceptors (Lipinski definition) is 5. The van der Waals surface area contributed by atoms with E-state index in [9.17, 15) is 4.79 Å². The van der Waals surface area contributed by atoms with Crippen molar-refractivity contribution in [2.75, 3.05) is 13.6 Å². The molecule has 0 aromatic heterocycles. The average molecular weight is 355 g/mol. The molecule has 0 aliphatic rings. The van der Waals surface area contributed by atoms with Crippen molar-refractivity contribution in [3.8, 4) is 0 Å². The first kappa shape index (κ1) is 20.1. The second-order valence-corrected chi connectivity index (χ2v) is 6.34. The van der Waals surface area contributed by atoms with Gasteiger partial charge in [0.1, 0.15) is 0 Å². The zero-order valence-corrected chi connectivity index (χ0v) is 15.5. The summed E-state index contributed by atoms with van der Waals surface area (Å²) in [7, 11) is 2.04. The number of carbonyl (C=O) groups is 1. The third-order valence-corrected chi connectivity index (χ3v) is 4.01. The second kappa shape index (κ2) is 12.2. The number of hydrogen-bond donors (Lipinski definition) is 2. The van der Waals surface area contributed by atoms with Gasteiger partial charge in [0.25, 0.3) is 0 Å². The second-order valence-electron chi connectivity index (χ2n) is 6.34. The lowest BCUT2D eigenvalue weighted by Crippen LogP contribution is -2.34.